The largest absolute Gasteiger partial charge is 0.0620 e. The van der Waals surface area contributed by atoms with Gasteiger partial charge in [-0.25, -0.2) is 0 Å². The minimum Gasteiger partial charge on any atom is -0.0620 e. The second-order valence-electron chi connectivity index (χ2n) is 13.9. The van der Waals surface area contributed by atoms with Gasteiger partial charge < -0.3 is 0 Å². The SMILES string of the molecule is Cc1ccccc1-c1cc(C(C)C)c(-c2cccc(-c3c(C(C)C)cc(-c4ccccc4C)cc3C(C)C)c2)c(C(C)C)c1. The Morgan fingerprint density at radius 2 is 0.659 bits per heavy atom. The van der Waals surface area contributed by atoms with E-state index in [0.29, 0.717) is 23.7 Å². The molecule has 0 saturated carbocycles. The Hall–Kier alpha value is -3.90. The Morgan fingerprint density at radius 1 is 0.341 bits per heavy atom. The predicted molar refractivity (Wildman–Crippen MR) is 194 cm³/mol. The van der Waals surface area contributed by atoms with Crippen molar-refractivity contribution >= 4 is 0 Å². The Morgan fingerprint density at radius 3 is 0.955 bits per heavy atom. The molecule has 0 unspecified atom stereocenters. The fourth-order valence-corrected chi connectivity index (χ4v) is 6.80. The third-order valence-corrected chi connectivity index (χ3v) is 9.24. The minimum absolute atomic E-state index is 0.404. The van der Waals surface area contributed by atoms with Crippen molar-refractivity contribution in [3.05, 3.63) is 130 Å². The van der Waals surface area contributed by atoms with Crippen LogP contribution in [0.5, 0.6) is 0 Å². The number of rotatable bonds is 8. The maximum Gasteiger partial charge on any atom is -0.0114 e. The summed E-state index contributed by atoms with van der Waals surface area (Å²) < 4.78 is 0. The van der Waals surface area contributed by atoms with Crippen molar-refractivity contribution in [1.29, 1.82) is 0 Å². The van der Waals surface area contributed by atoms with Gasteiger partial charge in [-0.3, -0.25) is 0 Å². The van der Waals surface area contributed by atoms with Gasteiger partial charge in [-0.15, -0.1) is 0 Å². The summed E-state index contributed by atoms with van der Waals surface area (Å²) in [6.45, 7) is 23.2. The van der Waals surface area contributed by atoms with E-state index < -0.39 is 0 Å². The standard InChI is InChI=1S/C44H50/c1-27(2)39-23-35(37-20-13-11-16-31(37)9)24-40(28(3)4)43(39)33-18-15-19-34(22-33)44-41(29(5)6)25-36(26-42(44)30(7)8)38-21-14-12-17-32(38)10/h11-30H,1-10H3. The normalized spacial score (nSPS) is 11.8. The third kappa shape index (κ3) is 6.18. The minimum atomic E-state index is 0.404. The molecule has 0 spiro atoms. The highest BCUT2D eigenvalue weighted by Crippen LogP contribution is 2.44. The Bertz CT molecular complexity index is 1590. The van der Waals surface area contributed by atoms with Gasteiger partial charge in [0.1, 0.15) is 0 Å². The molecule has 0 aromatic heterocycles. The molecule has 0 aliphatic rings. The lowest BCUT2D eigenvalue weighted by Crippen LogP contribution is -2.03. The van der Waals surface area contributed by atoms with E-state index in [4.69, 9.17) is 0 Å². The summed E-state index contributed by atoms with van der Waals surface area (Å²) >= 11 is 0. The van der Waals surface area contributed by atoms with Crippen molar-refractivity contribution in [2.75, 3.05) is 0 Å². The zero-order chi connectivity index (χ0) is 31.7. The Kier molecular flexibility index (Phi) is 9.31. The molecule has 0 fully saturated rings. The zero-order valence-corrected chi connectivity index (χ0v) is 28.5. The second-order valence-corrected chi connectivity index (χ2v) is 13.9. The summed E-state index contributed by atoms with van der Waals surface area (Å²) in [5.41, 5.74) is 19.1. The van der Waals surface area contributed by atoms with Gasteiger partial charge in [0, 0.05) is 0 Å². The molecule has 5 rings (SSSR count). The van der Waals surface area contributed by atoms with E-state index in [-0.39, 0.29) is 0 Å². The van der Waals surface area contributed by atoms with Crippen molar-refractivity contribution < 1.29 is 0 Å². The van der Waals surface area contributed by atoms with Gasteiger partial charge in [-0.05, 0) is 121 Å². The van der Waals surface area contributed by atoms with Crippen LogP contribution < -0.4 is 0 Å². The Labute approximate surface area is 267 Å². The molecule has 44 heavy (non-hydrogen) atoms. The highest BCUT2D eigenvalue weighted by Gasteiger charge is 2.22. The van der Waals surface area contributed by atoms with Crippen molar-refractivity contribution in [3.8, 4) is 44.5 Å². The molecule has 0 N–H and O–H groups in total. The summed E-state index contributed by atoms with van der Waals surface area (Å²) in [6, 6.07) is 36.8. The molecule has 0 atom stereocenters. The van der Waals surface area contributed by atoms with Crippen LogP contribution >= 0.6 is 0 Å². The Balaban J connectivity index is 1.76. The average molecular weight is 579 g/mol. The lowest BCUT2D eigenvalue weighted by molar-refractivity contribution is 0.837. The molecule has 5 aromatic rings. The molecular formula is C44H50. The summed E-state index contributed by atoms with van der Waals surface area (Å²) in [5.74, 6) is 1.61. The molecule has 0 radical (unpaired) electrons. The van der Waals surface area contributed by atoms with E-state index in [1.165, 1.54) is 77.9 Å². The van der Waals surface area contributed by atoms with E-state index in [2.05, 4.69) is 166 Å². The van der Waals surface area contributed by atoms with E-state index in [1.807, 2.05) is 0 Å². The number of hydrogen-bond acceptors (Lipinski definition) is 0. The second kappa shape index (κ2) is 13.0. The molecule has 0 aliphatic carbocycles. The van der Waals surface area contributed by atoms with Crippen LogP contribution in [0.25, 0.3) is 44.5 Å². The lowest BCUT2D eigenvalue weighted by atomic mass is 9.79. The highest BCUT2D eigenvalue weighted by atomic mass is 14.3. The van der Waals surface area contributed by atoms with Crippen LogP contribution in [0, 0.1) is 13.8 Å². The van der Waals surface area contributed by atoms with Gasteiger partial charge in [0.2, 0.25) is 0 Å². The predicted octanol–water partition coefficient (Wildman–Crippen LogP) is 13.5. The van der Waals surface area contributed by atoms with Crippen molar-refractivity contribution in [2.45, 2.75) is 92.9 Å². The zero-order valence-electron chi connectivity index (χ0n) is 28.5. The first-order valence-corrected chi connectivity index (χ1v) is 16.6. The van der Waals surface area contributed by atoms with Crippen LogP contribution in [-0.2, 0) is 0 Å². The van der Waals surface area contributed by atoms with Gasteiger partial charge in [0.15, 0.2) is 0 Å². The summed E-state index contributed by atoms with van der Waals surface area (Å²) in [5, 5.41) is 0. The first-order chi connectivity index (χ1) is 21.0. The molecule has 0 heterocycles. The molecule has 0 heteroatoms. The fraction of sp³-hybridized carbons (Fsp3) is 0.318. The first-order valence-electron chi connectivity index (χ1n) is 16.6. The first kappa shape index (κ1) is 31.5. The van der Waals surface area contributed by atoms with Crippen LogP contribution in [-0.4, -0.2) is 0 Å². The molecule has 0 bridgehead atoms. The monoisotopic (exact) mass is 578 g/mol. The molecule has 0 saturated heterocycles. The van der Waals surface area contributed by atoms with Gasteiger partial charge in [-0.2, -0.15) is 0 Å². The van der Waals surface area contributed by atoms with Crippen LogP contribution in [0.1, 0.15) is 112 Å². The van der Waals surface area contributed by atoms with Gasteiger partial charge in [-0.1, -0.05) is 146 Å². The number of benzene rings is 5. The molecular weight excluding hydrogens is 528 g/mol. The van der Waals surface area contributed by atoms with Gasteiger partial charge in [0.25, 0.3) is 0 Å². The quantitative estimate of drug-likeness (QED) is 0.172. The molecule has 0 amide bonds. The summed E-state index contributed by atoms with van der Waals surface area (Å²) in [6.07, 6.45) is 0. The van der Waals surface area contributed by atoms with Crippen LogP contribution in [0.15, 0.2) is 97.1 Å². The molecule has 226 valence electrons. The molecule has 0 aliphatic heterocycles. The molecule has 5 aromatic carbocycles. The fourth-order valence-electron chi connectivity index (χ4n) is 6.80. The van der Waals surface area contributed by atoms with Crippen LogP contribution in [0.2, 0.25) is 0 Å². The average Bonchev–Trinajstić information content (AvgIpc) is 3.00. The number of hydrogen-bond donors (Lipinski definition) is 0. The van der Waals surface area contributed by atoms with E-state index >= 15 is 0 Å². The van der Waals surface area contributed by atoms with Gasteiger partial charge >= 0.3 is 0 Å². The van der Waals surface area contributed by atoms with E-state index in [9.17, 15) is 0 Å². The van der Waals surface area contributed by atoms with E-state index in [0.717, 1.165) is 0 Å². The smallest absolute Gasteiger partial charge is 0.0114 e. The summed E-state index contributed by atoms with van der Waals surface area (Å²) in [4.78, 5) is 0. The topological polar surface area (TPSA) is 0 Å². The maximum absolute atomic E-state index is 2.47. The van der Waals surface area contributed by atoms with Crippen molar-refractivity contribution in [3.63, 3.8) is 0 Å². The van der Waals surface area contributed by atoms with Gasteiger partial charge in [0.05, 0.1) is 0 Å². The molecule has 0 nitrogen and oxygen atoms in total. The van der Waals surface area contributed by atoms with Crippen LogP contribution in [0.3, 0.4) is 0 Å². The number of aryl methyl sites for hydroxylation is 2. The van der Waals surface area contributed by atoms with E-state index in [1.54, 1.807) is 0 Å². The van der Waals surface area contributed by atoms with Crippen molar-refractivity contribution in [1.82, 2.24) is 0 Å². The lowest BCUT2D eigenvalue weighted by Gasteiger charge is -2.25. The summed E-state index contributed by atoms with van der Waals surface area (Å²) in [7, 11) is 0. The third-order valence-electron chi connectivity index (χ3n) is 9.24. The van der Waals surface area contributed by atoms with Crippen molar-refractivity contribution in [2.24, 2.45) is 0 Å². The van der Waals surface area contributed by atoms with Crippen LogP contribution in [0.4, 0.5) is 0 Å². The highest BCUT2D eigenvalue weighted by molar-refractivity contribution is 5.85. The maximum atomic E-state index is 2.47.